The molecular formula is C12H13F3O5S. The molecule has 0 amide bonds. The van der Waals surface area contributed by atoms with Crippen LogP contribution in [0.5, 0.6) is 0 Å². The zero-order chi connectivity index (χ0) is 15.8. The van der Waals surface area contributed by atoms with E-state index in [2.05, 4.69) is 10.8 Å². The van der Waals surface area contributed by atoms with E-state index in [0.717, 1.165) is 0 Å². The van der Waals surface area contributed by atoms with Crippen molar-refractivity contribution in [3.63, 3.8) is 0 Å². The van der Waals surface area contributed by atoms with Gasteiger partial charge < -0.3 is 4.74 Å². The fourth-order valence-electron chi connectivity index (χ4n) is 3.77. The highest BCUT2D eigenvalue weighted by Gasteiger charge is 2.80. The van der Waals surface area contributed by atoms with E-state index in [0.29, 0.717) is 0 Å². The summed E-state index contributed by atoms with van der Waals surface area (Å²) in [6, 6.07) is 0. The van der Waals surface area contributed by atoms with Gasteiger partial charge in [0, 0.05) is 17.4 Å². The molecule has 21 heavy (non-hydrogen) atoms. The maximum Gasteiger partial charge on any atom is 0.419 e. The van der Waals surface area contributed by atoms with Crippen molar-refractivity contribution in [1.29, 1.82) is 0 Å². The van der Waals surface area contributed by atoms with E-state index in [1.807, 2.05) is 0 Å². The van der Waals surface area contributed by atoms with Crippen molar-refractivity contribution in [2.24, 2.45) is 11.8 Å². The number of alkyl halides is 3. The lowest BCUT2D eigenvalue weighted by atomic mass is 9.82. The van der Waals surface area contributed by atoms with Gasteiger partial charge in [-0.2, -0.15) is 21.6 Å². The first-order valence-corrected chi connectivity index (χ1v) is 7.84. The summed E-state index contributed by atoms with van der Waals surface area (Å²) in [6.45, 7) is 4.76. The summed E-state index contributed by atoms with van der Waals surface area (Å²) in [6.07, 6.45) is -6.33. The minimum Gasteiger partial charge on any atom is -0.457 e. The molecule has 0 aromatic carbocycles. The fourth-order valence-corrected chi connectivity index (χ4v) is 5.92. The van der Waals surface area contributed by atoms with Gasteiger partial charge in [0.1, 0.15) is 11.4 Å². The quantitative estimate of drug-likeness (QED) is 0.437. The summed E-state index contributed by atoms with van der Waals surface area (Å²) < 4.78 is 73.2. The van der Waals surface area contributed by atoms with Crippen molar-refractivity contribution >= 4 is 16.1 Å². The van der Waals surface area contributed by atoms with Crippen molar-refractivity contribution in [1.82, 2.24) is 0 Å². The molecule has 3 fully saturated rings. The van der Waals surface area contributed by atoms with E-state index in [-0.39, 0.29) is 12.0 Å². The van der Waals surface area contributed by atoms with Gasteiger partial charge in [-0.1, -0.05) is 6.58 Å². The molecule has 2 aliphatic carbocycles. The number of fused-ring (bicyclic) bond motifs is 1. The zero-order valence-electron chi connectivity index (χ0n) is 11.0. The van der Waals surface area contributed by atoms with Gasteiger partial charge in [0.05, 0.1) is 0 Å². The molecule has 5 unspecified atom stereocenters. The summed E-state index contributed by atoms with van der Waals surface area (Å²) in [5, 5.41) is -1.44. The molecule has 5 nitrogen and oxygen atoms in total. The predicted molar refractivity (Wildman–Crippen MR) is 63.5 cm³/mol. The largest absolute Gasteiger partial charge is 0.457 e. The van der Waals surface area contributed by atoms with E-state index in [1.165, 1.54) is 6.92 Å². The molecule has 3 aliphatic rings. The molecule has 5 atom stereocenters. The average Bonchev–Trinajstić information content (AvgIpc) is 2.86. The number of hydrogen-bond donors (Lipinski definition) is 0. The molecule has 0 aromatic rings. The third-order valence-corrected chi connectivity index (χ3v) is 6.37. The Morgan fingerprint density at radius 1 is 1.43 bits per heavy atom. The van der Waals surface area contributed by atoms with Crippen molar-refractivity contribution in [2.45, 2.75) is 42.9 Å². The minimum atomic E-state index is -4.77. The molecule has 1 saturated heterocycles. The van der Waals surface area contributed by atoms with Crippen LogP contribution in [0.1, 0.15) is 19.8 Å². The summed E-state index contributed by atoms with van der Waals surface area (Å²) in [5.41, 5.74) is -2.58. The van der Waals surface area contributed by atoms with Crippen LogP contribution in [-0.2, 0) is 23.8 Å². The van der Waals surface area contributed by atoms with Crippen LogP contribution in [0.2, 0.25) is 0 Å². The molecule has 1 aliphatic heterocycles. The van der Waals surface area contributed by atoms with Gasteiger partial charge in [-0.15, -0.1) is 0 Å². The van der Waals surface area contributed by atoms with Crippen LogP contribution in [0, 0.1) is 11.8 Å². The van der Waals surface area contributed by atoms with Crippen molar-refractivity contribution in [2.75, 3.05) is 0 Å². The topological polar surface area (TPSA) is 69.7 Å². The molecular weight excluding hydrogens is 313 g/mol. The molecule has 2 bridgehead atoms. The number of carbonyl (C=O) groups is 1. The third kappa shape index (κ3) is 1.79. The Kier molecular flexibility index (Phi) is 2.83. The van der Waals surface area contributed by atoms with Gasteiger partial charge >= 0.3 is 12.1 Å². The summed E-state index contributed by atoms with van der Waals surface area (Å²) in [5.74, 6) is -2.68. The first kappa shape index (κ1) is 14.8. The molecule has 0 N–H and O–H groups in total. The Hall–Kier alpha value is -1.09. The highest BCUT2D eigenvalue weighted by molar-refractivity contribution is 7.87. The summed E-state index contributed by atoms with van der Waals surface area (Å²) in [7, 11) is -4.42. The molecule has 1 heterocycles. The molecule has 9 heteroatoms. The Bertz CT molecular complexity index is 625. The Morgan fingerprint density at radius 2 is 2.05 bits per heavy atom. The van der Waals surface area contributed by atoms with Crippen LogP contribution < -0.4 is 0 Å². The minimum absolute atomic E-state index is 0.0253. The highest BCUT2D eigenvalue weighted by Crippen LogP contribution is 2.65. The van der Waals surface area contributed by atoms with E-state index >= 15 is 0 Å². The number of ether oxygens (including phenoxy) is 1. The van der Waals surface area contributed by atoms with Crippen LogP contribution in [0.4, 0.5) is 13.2 Å². The van der Waals surface area contributed by atoms with Gasteiger partial charge in [-0.25, -0.2) is 4.79 Å². The van der Waals surface area contributed by atoms with Crippen molar-refractivity contribution < 1.29 is 35.3 Å². The van der Waals surface area contributed by atoms with Gasteiger partial charge in [0.25, 0.3) is 10.1 Å². The van der Waals surface area contributed by atoms with E-state index in [9.17, 15) is 26.4 Å². The SMILES string of the molecule is C=C(C)C(=O)OC1C2CC3C1S(=O)(=O)OC3(C(F)(F)F)C2. The number of esters is 1. The van der Waals surface area contributed by atoms with Gasteiger partial charge in [-0.05, 0) is 19.8 Å². The predicted octanol–water partition coefficient (Wildman–Crippen LogP) is 1.54. The molecule has 2 saturated carbocycles. The lowest BCUT2D eigenvalue weighted by molar-refractivity contribution is -0.257. The van der Waals surface area contributed by atoms with Crippen molar-refractivity contribution in [3.05, 3.63) is 12.2 Å². The number of hydrogen-bond acceptors (Lipinski definition) is 5. The number of rotatable bonds is 2. The van der Waals surface area contributed by atoms with Gasteiger partial charge in [-0.3, -0.25) is 4.18 Å². The monoisotopic (exact) mass is 326 g/mol. The third-order valence-electron chi connectivity index (χ3n) is 4.58. The van der Waals surface area contributed by atoms with Crippen molar-refractivity contribution in [3.8, 4) is 0 Å². The standard InChI is InChI=1S/C12H13F3O5S/c1-5(2)10(16)19-8-6-3-7-9(8)21(17,18)20-11(7,4-6)12(13,14)15/h6-9H,1,3-4H2,2H3. The van der Waals surface area contributed by atoms with Gasteiger partial charge in [0.2, 0.25) is 0 Å². The maximum absolute atomic E-state index is 13.3. The number of halogens is 3. The first-order valence-electron chi connectivity index (χ1n) is 6.37. The lowest BCUT2D eigenvalue weighted by Gasteiger charge is -2.33. The molecule has 118 valence electrons. The van der Waals surface area contributed by atoms with Gasteiger partial charge in [0.15, 0.2) is 5.60 Å². The summed E-state index contributed by atoms with van der Waals surface area (Å²) in [4.78, 5) is 11.6. The molecule has 0 radical (unpaired) electrons. The first-order chi connectivity index (χ1) is 9.49. The summed E-state index contributed by atoms with van der Waals surface area (Å²) >= 11 is 0. The zero-order valence-corrected chi connectivity index (χ0v) is 11.8. The van der Waals surface area contributed by atoms with E-state index < -0.39 is 57.5 Å². The maximum atomic E-state index is 13.3. The van der Waals surface area contributed by atoms with Crippen LogP contribution in [0.3, 0.4) is 0 Å². The van der Waals surface area contributed by atoms with E-state index in [1.54, 1.807) is 0 Å². The normalized spacial score (nSPS) is 43.0. The second kappa shape index (κ2) is 4.01. The Balaban J connectivity index is 1.97. The van der Waals surface area contributed by atoms with Crippen LogP contribution in [0.25, 0.3) is 0 Å². The Labute approximate surface area is 119 Å². The second-order valence-corrected chi connectivity index (χ2v) is 7.58. The second-order valence-electron chi connectivity index (χ2n) is 5.88. The van der Waals surface area contributed by atoms with Crippen LogP contribution in [0.15, 0.2) is 12.2 Å². The van der Waals surface area contributed by atoms with Crippen LogP contribution in [-0.4, -0.2) is 37.5 Å². The lowest BCUT2D eigenvalue weighted by Crippen LogP contribution is -2.52. The molecule has 3 rings (SSSR count). The number of carbonyl (C=O) groups excluding carboxylic acids is 1. The molecule has 0 spiro atoms. The Morgan fingerprint density at radius 3 is 2.57 bits per heavy atom. The van der Waals surface area contributed by atoms with E-state index in [4.69, 9.17) is 4.74 Å². The highest BCUT2D eigenvalue weighted by atomic mass is 32.2. The smallest absolute Gasteiger partial charge is 0.419 e. The average molecular weight is 326 g/mol. The molecule has 0 aromatic heterocycles. The van der Waals surface area contributed by atoms with Crippen LogP contribution >= 0.6 is 0 Å². The fraction of sp³-hybridized carbons (Fsp3) is 0.750.